The Morgan fingerprint density at radius 1 is 1.02 bits per heavy atom. The second-order valence-corrected chi connectivity index (χ2v) is 11.9. The Morgan fingerprint density at radius 2 is 1.71 bits per heavy atom. The summed E-state index contributed by atoms with van der Waals surface area (Å²) in [5.74, 6) is 0.585. The van der Waals surface area contributed by atoms with Gasteiger partial charge in [0.05, 0.1) is 12.2 Å². The van der Waals surface area contributed by atoms with Gasteiger partial charge in [0.2, 0.25) is 11.8 Å². The predicted octanol–water partition coefficient (Wildman–Crippen LogP) is 3.67. The number of halogens is 1. The molecular weight excluding hydrogens is 544 g/mol. The molecule has 10 heteroatoms. The van der Waals surface area contributed by atoms with Crippen LogP contribution in [0.1, 0.15) is 94.3 Å². The third-order valence-corrected chi connectivity index (χ3v) is 9.08. The Hall–Kier alpha value is -2.36. The number of ether oxygens (including phenoxy) is 1. The number of nitrogens with one attached hydrogen (secondary N) is 2. The number of nitrogens with zero attached hydrogens (tertiary/aromatic N) is 2. The highest BCUT2D eigenvalue weighted by Crippen LogP contribution is 2.37. The normalized spacial score (nSPS) is 22.1. The summed E-state index contributed by atoms with van der Waals surface area (Å²) < 4.78 is 5.84. The van der Waals surface area contributed by atoms with E-state index in [2.05, 4.69) is 22.5 Å². The van der Waals surface area contributed by atoms with Gasteiger partial charge in [-0.25, -0.2) is 0 Å². The van der Waals surface area contributed by atoms with E-state index in [1.165, 1.54) is 0 Å². The summed E-state index contributed by atoms with van der Waals surface area (Å²) in [4.78, 5) is 43.3. The Kier molecular flexibility index (Phi) is 12.3. The van der Waals surface area contributed by atoms with Gasteiger partial charge >= 0.3 is 0 Å². The van der Waals surface area contributed by atoms with Crippen LogP contribution in [0.5, 0.6) is 5.75 Å². The highest BCUT2D eigenvalue weighted by molar-refractivity contribution is 6.00. The summed E-state index contributed by atoms with van der Waals surface area (Å²) in [6.45, 7) is 5.79. The first kappa shape index (κ1) is 33.1. The third kappa shape index (κ3) is 8.14. The maximum Gasteiger partial charge on any atom is 0.251 e. The highest BCUT2D eigenvalue weighted by Gasteiger charge is 2.54. The second kappa shape index (κ2) is 15.2. The van der Waals surface area contributed by atoms with Crippen LogP contribution in [0.25, 0.3) is 0 Å². The van der Waals surface area contributed by atoms with Crippen LogP contribution >= 0.6 is 12.4 Å². The van der Waals surface area contributed by atoms with Crippen LogP contribution in [0, 0.1) is 0 Å². The van der Waals surface area contributed by atoms with Crippen LogP contribution in [-0.4, -0.2) is 89.6 Å². The number of rotatable bonds is 12. The molecule has 1 spiro atoms. The fourth-order valence-electron chi connectivity index (χ4n) is 6.57. The molecule has 3 N–H and O–H groups in total. The number of carbonyl (C=O) groups is 3. The van der Waals surface area contributed by atoms with Gasteiger partial charge in [-0.2, -0.15) is 0 Å². The maximum absolute atomic E-state index is 13.7. The summed E-state index contributed by atoms with van der Waals surface area (Å²) >= 11 is 0. The molecule has 3 amide bonds. The van der Waals surface area contributed by atoms with E-state index in [0.717, 1.165) is 70.3 Å². The number of piperazine rings is 1. The zero-order valence-corrected chi connectivity index (χ0v) is 25.6. The van der Waals surface area contributed by atoms with Gasteiger partial charge in [-0.15, -0.1) is 12.4 Å². The molecule has 1 aromatic rings. The van der Waals surface area contributed by atoms with Crippen molar-refractivity contribution < 1.29 is 24.2 Å². The molecule has 4 rings (SSSR count). The molecule has 0 aromatic heterocycles. The number of likely N-dealkylation sites (tertiary alicyclic amines) is 1. The third-order valence-electron chi connectivity index (χ3n) is 9.08. The predicted molar refractivity (Wildman–Crippen MR) is 161 cm³/mol. The van der Waals surface area contributed by atoms with Crippen molar-refractivity contribution in [1.29, 1.82) is 0 Å². The topological polar surface area (TPSA) is 111 Å². The molecule has 1 aromatic carbocycles. The summed E-state index contributed by atoms with van der Waals surface area (Å²) in [6.07, 6.45) is 9.80. The van der Waals surface area contributed by atoms with Crippen molar-refractivity contribution in [1.82, 2.24) is 20.4 Å². The highest BCUT2D eigenvalue weighted by atomic mass is 35.5. The molecule has 1 aliphatic carbocycles. The number of amides is 3. The van der Waals surface area contributed by atoms with E-state index in [1.54, 1.807) is 19.2 Å². The van der Waals surface area contributed by atoms with Gasteiger partial charge in [0, 0.05) is 38.7 Å². The zero-order chi connectivity index (χ0) is 28.6. The number of hydrogen-bond donors (Lipinski definition) is 3. The molecule has 1 atom stereocenters. The Bertz CT molecular complexity index is 1010. The van der Waals surface area contributed by atoms with Crippen molar-refractivity contribution >= 4 is 30.1 Å². The lowest BCUT2D eigenvalue weighted by atomic mass is 9.77. The number of aliphatic hydroxyl groups is 1. The number of hydrogen-bond acceptors (Lipinski definition) is 6. The van der Waals surface area contributed by atoms with Crippen LogP contribution in [0.15, 0.2) is 24.3 Å². The average Bonchev–Trinajstić information content (AvgIpc) is 2.97. The smallest absolute Gasteiger partial charge is 0.251 e. The van der Waals surface area contributed by atoms with Crippen molar-refractivity contribution in [3.63, 3.8) is 0 Å². The molecule has 1 saturated carbocycles. The lowest BCUT2D eigenvalue weighted by Gasteiger charge is -2.52. The van der Waals surface area contributed by atoms with Gasteiger partial charge in [-0.1, -0.05) is 32.6 Å². The zero-order valence-electron chi connectivity index (χ0n) is 24.8. The van der Waals surface area contributed by atoms with Crippen molar-refractivity contribution in [2.45, 2.75) is 101 Å². The molecule has 0 bridgehead atoms. The van der Waals surface area contributed by atoms with E-state index in [1.807, 2.05) is 17.0 Å². The number of unbranched alkanes of at least 4 members (excludes halogenated alkanes) is 2. The average molecular weight is 593 g/mol. The van der Waals surface area contributed by atoms with Crippen LogP contribution in [0.2, 0.25) is 0 Å². The molecule has 41 heavy (non-hydrogen) atoms. The van der Waals surface area contributed by atoms with Gasteiger partial charge in [0.15, 0.2) is 0 Å². The van der Waals surface area contributed by atoms with E-state index < -0.39 is 17.2 Å². The van der Waals surface area contributed by atoms with Gasteiger partial charge in [-0.3, -0.25) is 14.4 Å². The molecule has 2 aliphatic heterocycles. The Balaban J connectivity index is 0.00000462. The fraction of sp³-hybridized carbons (Fsp3) is 0.710. The number of benzene rings is 1. The summed E-state index contributed by atoms with van der Waals surface area (Å²) in [6, 6.07) is 6.52. The summed E-state index contributed by atoms with van der Waals surface area (Å²) in [5, 5.41) is 16.8. The van der Waals surface area contributed by atoms with E-state index in [9.17, 15) is 19.5 Å². The van der Waals surface area contributed by atoms with Crippen LogP contribution in [0.3, 0.4) is 0 Å². The van der Waals surface area contributed by atoms with Crippen LogP contribution < -0.4 is 15.4 Å². The summed E-state index contributed by atoms with van der Waals surface area (Å²) in [5.41, 5.74) is -1.02. The van der Waals surface area contributed by atoms with Crippen LogP contribution in [0.4, 0.5) is 0 Å². The van der Waals surface area contributed by atoms with Gasteiger partial charge in [0.1, 0.15) is 17.3 Å². The van der Waals surface area contributed by atoms with Crippen molar-refractivity contribution in [3.05, 3.63) is 29.8 Å². The molecule has 3 fully saturated rings. The first-order valence-electron chi connectivity index (χ1n) is 15.3. The van der Waals surface area contributed by atoms with Gasteiger partial charge < -0.3 is 30.3 Å². The largest absolute Gasteiger partial charge is 0.494 e. The molecule has 2 heterocycles. The van der Waals surface area contributed by atoms with Gasteiger partial charge in [0.25, 0.3) is 5.91 Å². The minimum atomic E-state index is -0.852. The van der Waals surface area contributed by atoms with E-state index >= 15 is 0 Å². The molecule has 0 radical (unpaired) electrons. The summed E-state index contributed by atoms with van der Waals surface area (Å²) in [7, 11) is 1.61. The quantitative estimate of drug-likeness (QED) is 0.319. The first-order chi connectivity index (χ1) is 19.3. The molecule has 9 nitrogen and oxygen atoms in total. The molecule has 230 valence electrons. The molecule has 0 unspecified atom stereocenters. The standard InChI is InChI=1S/C31H48N4O5.ClH/c1-3-4-19-35-28(37)26(23-30(39)14-6-5-7-15-30)33-29(38)31(35)16-20-34(21-17-31)18-8-9-22-40-25-12-10-24(11-13-25)27(36)32-2;/h10-13,26,39H,3-9,14-23H2,1-2H3,(H,32,36)(H,33,38);1H/t26-;/m1./s1. The molecule has 2 saturated heterocycles. The second-order valence-electron chi connectivity index (χ2n) is 11.9. The fourth-order valence-corrected chi connectivity index (χ4v) is 6.57. The minimum Gasteiger partial charge on any atom is -0.494 e. The van der Waals surface area contributed by atoms with Crippen molar-refractivity contribution in [3.8, 4) is 5.75 Å². The lowest BCUT2D eigenvalue weighted by molar-refractivity contribution is -0.163. The van der Waals surface area contributed by atoms with Crippen LogP contribution in [-0.2, 0) is 9.59 Å². The van der Waals surface area contributed by atoms with E-state index in [0.29, 0.717) is 50.8 Å². The minimum absolute atomic E-state index is 0. The van der Waals surface area contributed by atoms with E-state index in [4.69, 9.17) is 4.74 Å². The Morgan fingerprint density at radius 3 is 2.34 bits per heavy atom. The molecule has 3 aliphatic rings. The maximum atomic E-state index is 13.7. The van der Waals surface area contributed by atoms with Crippen molar-refractivity contribution in [2.24, 2.45) is 0 Å². The van der Waals surface area contributed by atoms with Crippen molar-refractivity contribution in [2.75, 3.05) is 39.8 Å². The SMILES string of the molecule is CCCCN1C(=O)[C@@H](CC2(O)CCCCC2)NC(=O)C12CCN(CCCCOc1ccc(C(=O)NC)cc1)CC2.Cl. The number of piperidine rings is 1. The van der Waals surface area contributed by atoms with Gasteiger partial charge in [-0.05, 0) is 75.8 Å². The molecular formula is C31H49ClN4O5. The van der Waals surface area contributed by atoms with E-state index in [-0.39, 0.29) is 30.1 Å². The Labute approximate surface area is 251 Å². The monoisotopic (exact) mass is 592 g/mol. The lowest BCUT2D eigenvalue weighted by Crippen LogP contribution is -2.73. The first-order valence-corrected chi connectivity index (χ1v) is 15.3. The number of carbonyl (C=O) groups excluding carboxylic acids is 3.